The van der Waals surface area contributed by atoms with Gasteiger partial charge in [0.25, 0.3) is 10.0 Å². The summed E-state index contributed by atoms with van der Waals surface area (Å²) in [6.45, 7) is 2.39. The fraction of sp³-hybridized carbons (Fsp3) is 0.231. The molecule has 20 heavy (non-hydrogen) atoms. The first-order chi connectivity index (χ1) is 9.36. The second kappa shape index (κ2) is 5.97. The highest BCUT2D eigenvalue weighted by atomic mass is 35.5. The summed E-state index contributed by atoms with van der Waals surface area (Å²) < 4.78 is 27.3. The summed E-state index contributed by atoms with van der Waals surface area (Å²) in [5, 5.41) is 8.66. The van der Waals surface area contributed by atoms with Crippen molar-refractivity contribution in [1.82, 2.24) is 5.32 Å². The minimum atomic E-state index is -3.79. The van der Waals surface area contributed by atoms with E-state index in [4.69, 9.17) is 21.2 Å². The van der Waals surface area contributed by atoms with Gasteiger partial charge in [-0.3, -0.25) is 0 Å². The van der Waals surface area contributed by atoms with Crippen molar-refractivity contribution in [2.45, 2.75) is 24.6 Å². The molecule has 7 heteroatoms. The van der Waals surface area contributed by atoms with E-state index in [9.17, 15) is 8.42 Å². The lowest BCUT2D eigenvalue weighted by molar-refractivity contribution is 0.393. The first-order valence-corrected chi connectivity index (χ1v) is 7.89. The molecule has 2 aromatic rings. The Hall–Kier alpha value is -1.34. The highest BCUT2D eigenvalue weighted by molar-refractivity contribution is 7.89. The number of nitrogens with two attached hydrogens (primary N) is 1. The zero-order valence-corrected chi connectivity index (χ0v) is 12.4. The first-order valence-electron chi connectivity index (χ1n) is 5.96. The normalized spacial score (nSPS) is 13.3. The number of nitrogens with one attached hydrogen (secondary N) is 1. The molecule has 108 valence electrons. The second-order valence-corrected chi connectivity index (χ2v) is 6.35. The quantitative estimate of drug-likeness (QED) is 0.887. The van der Waals surface area contributed by atoms with Crippen LogP contribution in [-0.4, -0.2) is 8.42 Å². The number of hydrogen-bond acceptors (Lipinski definition) is 4. The molecular weight excluding hydrogens is 300 g/mol. The van der Waals surface area contributed by atoms with Crippen molar-refractivity contribution in [3.05, 3.63) is 52.7 Å². The van der Waals surface area contributed by atoms with Gasteiger partial charge in [0.2, 0.25) is 5.09 Å². The third-order valence-corrected chi connectivity index (χ3v) is 3.90. The molecule has 1 atom stereocenters. The van der Waals surface area contributed by atoms with Crippen LogP contribution in [0.25, 0.3) is 0 Å². The summed E-state index contributed by atoms with van der Waals surface area (Å²) >= 11 is 5.83. The van der Waals surface area contributed by atoms with Crippen molar-refractivity contribution < 1.29 is 12.8 Å². The van der Waals surface area contributed by atoms with Crippen LogP contribution in [0.4, 0.5) is 0 Å². The van der Waals surface area contributed by atoms with E-state index in [1.54, 1.807) is 6.07 Å². The molecule has 0 saturated heterocycles. The molecule has 2 rings (SSSR count). The van der Waals surface area contributed by atoms with Crippen LogP contribution in [0.1, 0.15) is 24.3 Å². The fourth-order valence-electron chi connectivity index (χ4n) is 1.73. The molecule has 0 aliphatic rings. The van der Waals surface area contributed by atoms with Crippen LogP contribution in [0, 0.1) is 0 Å². The van der Waals surface area contributed by atoms with Crippen LogP contribution in [0.15, 0.2) is 45.9 Å². The number of halogens is 1. The van der Waals surface area contributed by atoms with Crippen molar-refractivity contribution in [3.63, 3.8) is 0 Å². The molecule has 5 nitrogen and oxygen atoms in total. The Kier molecular flexibility index (Phi) is 4.49. The second-order valence-electron chi connectivity index (χ2n) is 4.42. The highest BCUT2D eigenvalue weighted by Gasteiger charge is 2.13. The Morgan fingerprint density at radius 3 is 2.45 bits per heavy atom. The SMILES string of the molecule is C[C@@H](NCc1ccc(S(N)(=O)=O)o1)c1ccc(Cl)cc1. The van der Waals surface area contributed by atoms with Gasteiger partial charge in [-0.15, -0.1) is 0 Å². The van der Waals surface area contributed by atoms with E-state index < -0.39 is 10.0 Å². The molecular formula is C13H15ClN2O3S. The summed E-state index contributed by atoms with van der Waals surface area (Å²) in [6, 6.07) is 10.5. The molecule has 3 N–H and O–H groups in total. The molecule has 0 saturated carbocycles. The molecule has 0 spiro atoms. The number of sulfonamides is 1. The van der Waals surface area contributed by atoms with Gasteiger partial charge in [-0.25, -0.2) is 13.6 Å². The van der Waals surface area contributed by atoms with Gasteiger partial charge in [-0.2, -0.15) is 0 Å². The van der Waals surface area contributed by atoms with E-state index in [-0.39, 0.29) is 11.1 Å². The Labute approximate surface area is 122 Å². The summed E-state index contributed by atoms with van der Waals surface area (Å²) in [6.07, 6.45) is 0. The van der Waals surface area contributed by atoms with Gasteiger partial charge in [0.15, 0.2) is 0 Å². The summed E-state index contributed by atoms with van der Waals surface area (Å²) in [5.41, 5.74) is 1.08. The van der Waals surface area contributed by atoms with Crippen molar-refractivity contribution >= 4 is 21.6 Å². The van der Waals surface area contributed by atoms with Crippen LogP contribution < -0.4 is 10.5 Å². The van der Waals surface area contributed by atoms with E-state index in [0.717, 1.165) is 5.56 Å². The predicted octanol–water partition coefficient (Wildman–Crippen LogP) is 2.43. The molecule has 1 aromatic heterocycles. The average Bonchev–Trinajstić information content (AvgIpc) is 2.85. The van der Waals surface area contributed by atoms with Gasteiger partial charge < -0.3 is 9.73 Å². The molecule has 0 fully saturated rings. The third-order valence-electron chi connectivity index (χ3n) is 2.87. The van der Waals surface area contributed by atoms with Gasteiger partial charge >= 0.3 is 0 Å². The lowest BCUT2D eigenvalue weighted by Crippen LogP contribution is -2.17. The van der Waals surface area contributed by atoms with Crippen molar-refractivity contribution in [1.29, 1.82) is 0 Å². The maximum absolute atomic E-state index is 11.1. The van der Waals surface area contributed by atoms with Crippen LogP contribution >= 0.6 is 11.6 Å². The number of hydrogen-bond donors (Lipinski definition) is 2. The number of primary sulfonamides is 1. The molecule has 0 aliphatic carbocycles. The monoisotopic (exact) mass is 314 g/mol. The number of furan rings is 1. The van der Waals surface area contributed by atoms with E-state index in [0.29, 0.717) is 17.3 Å². The van der Waals surface area contributed by atoms with E-state index in [2.05, 4.69) is 5.32 Å². The summed E-state index contributed by atoms with van der Waals surface area (Å²) in [4.78, 5) is 0. The molecule has 1 aromatic carbocycles. The summed E-state index contributed by atoms with van der Waals surface area (Å²) in [5.74, 6) is 0.509. The zero-order chi connectivity index (χ0) is 14.8. The van der Waals surface area contributed by atoms with E-state index in [1.165, 1.54) is 6.07 Å². The van der Waals surface area contributed by atoms with Crippen molar-refractivity contribution in [3.8, 4) is 0 Å². The zero-order valence-electron chi connectivity index (χ0n) is 10.8. The first kappa shape index (κ1) is 15.1. The van der Waals surface area contributed by atoms with Crippen molar-refractivity contribution in [2.75, 3.05) is 0 Å². The molecule has 1 heterocycles. The van der Waals surface area contributed by atoms with Gasteiger partial charge in [0, 0.05) is 11.1 Å². The Bertz CT molecular complexity index is 680. The molecule has 0 amide bonds. The highest BCUT2D eigenvalue weighted by Crippen LogP contribution is 2.17. The van der Waals surface area contributed by atoms with Gasteiger partial charge in [-0.1, -0.05) is 23.7 Å². The Balaban J connectivity index is 1.98. The number of benzene rings is 1. The largest absolute Gasteiger partial charge is 0.447 e. The average molecular weight is 315 g/mol. The molecule has 0 radical (unpaired) electrons. The minimum absolute atomic E-state index is 0.0790. The molecule has 0 aliphatic heterocycles. The maximum Gasteiger partial charge on any atom is 0.271 e. The van der Waals surface area contributed by atoms with Crippen LogP contribution in [0.5, 0.6) is 0 Å². The minimum Gasteiger partial charge on any atom is -0.447 e. The fourth-order valence-corrected chi connectivity index (χ4v) is 2.34. The Morgan fingerprint density at radius 1 is 1.25 bits per heavy atom. The predicted molar refractivity (Wildman–Crippen MR) is 76.8 cm³/mol. The number of rotatable bonds is 5. The molecule has 0 unspecified atom stereocenters. The van der Waals surface area contributed by atoms with Gasteiger partial charge in [-0.05, 0) is 36.8 Å². The van der Waals surface area contributed by atoms with Crippen LogP contribution in [0.3, 0.4) is 0 Å². The van der Waals surface area contributed by atoms with Crippen LogP contribution in [-0.2, 0) is 16.6 Å². The lowest BCUT2D eigenvalue weighted by Gasteiger charge is -2.13. The van der Waals surface area contributed by atoms with Gasteiger partial charge in [0.05, 0.1) is 6.54 Å². The smallest absolute Gasteiger partial charge is 0.271 e. The standard InChI is InChI=1S/C13H15ClN2O3S/c1-9(10-2-4-11(14)5-3-10)16-8-12-6-7-13(19-12)20(15,17)18/h2-7,9,16H,8H2,1H3,(H2,15,17,18)/t9-/m1/s1. The third kappa shape index (κ3) is 3.83. The maximum atomic E-state index is 11.1. The lowest BCUT2D eigenvalue weighted by atomic mass is 10.1. The summed E-state index contributed by atoms with van der Waals surface area (Å²) in [7, 11) is -3.79. The van der Waals surface area contributed by atoms with Crippen molar-refractivity contribution in [2.24, 2.45) is 5.14 Å². The topological polar surface area (TPSA) is 85.3 Å². The molecule has 0 bridgehead atoms. The van der Waals surface area contributed by atoms with E-state index >= 15 is 0 Å². The van der Waals surface area contributed by atoms with E-state index in [1.807, 2.05) is 31.2 Å². The van der Waals surface area contributed by atoms with Crippen LogP contribution in [0.2, 0.25) is 5.02 Å². The van der Waals surface area contributed by atoms with Gasteiger partial charge in [0.1, 0.15) is 5.76 Å². The Morgan fingerprint density at radius 2 is 1.90 bits per heavy atom.